The number of nitrogens with one attached hydrogen (secondary N) is 3. The molecule has 0 saturated heterocycles. The molecule has 0 aliphatic heterocycles. The fourth-order valence-electron chi connectivity index (χ4n) is 3.92. The van der Waals surface area contributed by atoms with Crippen LogP contribution < -0.4 is 24.9 Å². The van der Waals surface area contributed by atoms with Gasteiger partial charge in [-0.15, -0.1) is 0 Å². The predicted molar refractivity (Wildman–Crippen MR) is 167 cm³/mol. The average Bonchev–Trinajstić information content (AvgIpc) is 2.98. The number of aromatic nitrogens is 2. The highest BCUT2D eigenvalue weighted by Gasteiger charge is 2.27. The average molecular weight is 623 g/mol. The van der Waals surface area contributed by atoms with Crippen LogP contribution in [0.4, 0.5) is 27.8 Å². The molecule has 0 unspecified atom stereocenters. The molecular weight excluding hydrogens is 588 g/mol. The molecule has 13 nitrogen and oxygen atoms in total. The number of nitrogens with zero attached hydrogens (tertiary/aromatic N) is 3. The number of carbonyl (C=O) groups excluding carboxylic acids is 2. The lowest BCUT2D eigenvalue weighted by Gasteiger charge is -2.30. The second-order valence-electron chi connectivity index (χ2n) is 10.6. The van der Waals surface area contributed by atoms with Crippen LogP contribution in [0.15, 0.2) is 71.6 Å². The third-order valence-corrected chi connectivity index (χ3v) is 7.34. The highest BCUT2D eigenvalue weighted by molar-refractivity contribution is 7.92. The smallest absolute Gasteiger partial charge is 0.429 e. The Labute approximate surface area is 255 Å². The Morgan fingerprint density at radius 1 is 0.886 bits per heavy atom. The Kier molecular flexibility index (Phi) is 9.43. The maximum atomic E-state index is 13.7. The van der Waals surface area contributed by atoms with Crippen LogP contribution in [0.5, 0.6) is 11.5 Å². The number of carbonyl (C=O) groups is 2. The van der Waals surface area contributed by atoms with E-state index < -0.39 is 27.8 Å². The van der Waals surface area contributed by atoms with Gasteiger partial charge in [-0.05, 0) is 58.0 Å². The molecule has 0 saturated carbocycles. The first-order valence-electron chi connectivity index (χ1n) is 13.5. The summed E-state index contributed by atoms with van der Waals surface area (Å²) in [4.78, 5) is 33.3. The van der Waals surface area contributed by atoms with Crippen molar-refractivity contribution in [2.24, 2.45) is 0 Å². The van der Waals surface area contributed by atoms with E-state index in [0.29, 0.717) is 34.5 Å². The van der Waals surface area contributed by atoms with Gasteiger partial charge in [0.15, 0.2) is 11.6 Å². The minimum atomic E-state index is -4.24. The van der Waals surface area contributed by atoms with Gasteiger partial charge in [0.05, 0.1) is 35.8 Å². The molecule has 1 aromatic heterocycles. The summed E-state index contributed by atoms with van der Waals surface area (Å²) >= 11 is 0. The number of methoxy groups -OCH3 is 2. The van der Waals surface area contributed by atoms with E-state index in [0.717, 1.165) is 5.01 Å². The van der Waals surface area contributed by atoms with Gasteiger partial charge in [0.25, 0.3) is 10.0 Å². The van der Waals surface area contributed by atoms with Crippen LogP contribution in [0.1, 0.15) is 27.7 Å². The lowest BCUT2D eigenvalue weighted by atomic mass is 10.2. The van der Waals surface area contributed by atoms with Crippen molar-refractivity contribution in [3.8, 4) is 11.5 Å². The third kappa shape index (κ3) is 7.83. The number of amides is 1. The number of hydrogen-bond donors (Lipinski definition) is 3. The van der Waals surface area contributed by atoms with Crippen LogP contribution in [0.2, 0.25) is 0 Å². The number of sulfonamides is 1. The summed E-state index contributed by atoms with van der Waals surface area (Å²) in [5.74, 6) is 1.09. The van der Waals surface area contributed by atoms with E-state index in [-0.39, 0.29) is 22.2 Å². The molecule has 0 bridgehead atoms. The molecule has 44 heavy (non-hydrogen) atoms. The van der Waals surface area contributed by atoms with E-state index >= 15 is 0 Å². The summed E-state index contributed by atoms with van der Waals surface area (Å²) in [7, 11) is -1.21. The molecule has 0 fully saturated rings. The molecule has 0 spiro atoms. The molecule has 1 heterocycles. The zero-order chi connectivity index (χ0) is 32.1. The largest absolute Gasteiger partial charge is 0.497 e. The van der Waals surface area contributed by atoms with Crippen LogP contribution in [-0.4, -0.2) is 61.6 Å². The summed E-state index contributed by atoms with van der Waals surface area (Å²) in [5.41, 5.74) is 3.70. The normalized spacial score (nSPS) is 12.1. The fourth-order valence-corrected chi connectivity index (χ4v) is 4.97. The van der Waals surface area contributed by atoms with Crippen molar-refractivity contribution >= 4 is 56.4 Å². The van der Waals surface area contributed by atoms with E-state index in [1.165, 1.54) is 39.3 Å². The monoisotopic (exact) mass is 622 g/mol. The van der Waals surface area contributed by atoms with Gasteiger partial charge in [-0.1, -0.05) is 18.2 Å². The number of benzene rings is 3. The van der Waals surface area contributed by atoms with Crippen molar-refractivity contribution < 1.29 is 32.2 Å². The molecule has 4 aromatic rings. The Balaban J connectivity index is 1.68. The molecule has 14 heteroatoms. The Morgan fingerprint density at radius 3 is 2.07 bits per heavy atom. The lowest BCUT2D eigenvalue weighted by molar-refractivity contribution is -0.111. The number of para-hydroxylation sites is 2. The zero-order valence-corrected chi connectivity index (χ0v) is 25.9. The van der Waals surface area contributed by atoms with Gasteiger partial charge in [-0.25, -0.2) is 28.2 Å². The first-order chi connectivity index (χ1) is 20.8. The third-order valence-electron chi connectivity index (χ3n) is 6.00. The van der Waals surface area contributed by atoms with Gasteiger partial charge in [-0.2, -0.15) is 0 Å². The quantitative estimate of drug-likeness (QED) is 0.146. The number of aldehydes is 1. The summed E-state index contributed by atoms with van der Waals surface area (Å²) < 4.78 is 45.9. The summed E-state index contributed by atoms with van der Waals surface area (Å²) in [6.07, 6.45) is -0.246. The molecule has 3 aromatic carbocycles. The zero-order valence-electron chi connectivity index (χ0n) is 25.1. The minimum absolute atomic E-state index is 0.0613. The molecule has 232 valence electrons. The van der Waals surface area contributed by atoms with Crippen LogP contribution >= 0.6 is 0 Å². The first kappa shape index (κ1) is 31.8. The van der Waals surface area contributed by atoms with Gasteiger partial charge in [0.2, 0.25) is 0 Å². The SMILES string of the molecule is COc1cc(Nc2nc3ccccc3nc2NS(=O)(=O)c2cccc(NN(C(=O)OC(C)(C)C)[C@@H](C)C=O)c2)cc(OC)c1. The van der Waals surface area contributed by atoms with Gasteiger partial charge >= 0.3 is 6.09 Å². The fraction of sp³-hybridized carbons (Fsp3) is 0.267. The lowest BCUT2D eigenvalue weighted by Crippen LogP contribution is -2.46. The standard InChI is InChI=1S/C30H34N6O7S/c1-19(18-37)36(29(38)43-30(2,3)4)34-20-10-9-11-24(16-20)44(39,40)35-28-27(32-25-12-7-8-13-26(25)33-28)31-21-14-22(41-5)17-23(15-21)42-6/h7-19,34H,1-6H3,(H,31,32)(H,33,35)/t19-/m0/s1. The van der Waals surface area contributed by atoms with Crippen LogP contribution in [0.25, 0.3) is 11.0 Å². The van der Waals surface area contributed by atoms with E-state index in [2.05, 4.69) is 25.4 Å². The van der Waals surface area contributed by atoms with Crippen molar-refractivity contribution in [3.63, 3.8) is 0 Å². The Morgan fingerprint density at radius 2 is 1.50 bits per heavy atom. The minimum Gasteiger partial charge on any atom is -0.497 e. The second kappa shape index (κ2) is 13.0. The Hall–Kier alpha value is -5.11. The molecule has 1 atom stereocenters. The molecule has 0 aliphatic carbocycles. The first-order valence-corrected chi connectivity index (χ1v) is 14.9. The van der Waals surface area contributed by atoms with E-state index in [4.69, 9.17) is 14.2 Å². The second-order valence-corrected chi connectivity index (χ2v) is 12.3. The van der Waals surface area contributed by atoms with E-state index in [1.807, 2.05) is 0 Å². The van der Waals surface area contributed by atoms with Gasteiger partial charge in [0, 0.05) is 23.9 Å². The van der Waals surface area contributed by atoms with Crippen molar-refractivity contribution in [2.45, 2.75) is 44.2 Å². The van der Waals surface area contributed by atoms with Crippen molar-refractivity contribution in [3.05, 3.63) is 66.7 Å². The highest BCUT2D eigenvalue weighted by atomic mass is 32.2. The van der Waals surface area contributed by atoms with Crippen LogP contribution in [0.3, 0.4) is 0 Å². The van der Waals surface area contributed by atoms with Crippen molar-refractivity contribution in [2.75, 3.05) is 29.7 Å². The summed E-state index contributed by atoms with van der Waals surface area (Å²) in [5, 5.41) is 4.09. The van der Waals surface area contributed by atoms with Crippen molar-refractivity contribution in [1.29, 1.82) is 0 Å². The maximum absolute atomic E-state index is 13.7. The summed E-state index contributed by atoms with van der Waals surface area (Å²) in [6.45, 7) is 6.57. The maximum Gasteiger partial charge on any atom is 0.429 e. The topological polar surface area (TPSA) is 161 Å². The molecule has 0 radical (unpaired) electrons. The van der Waals surface area contributed by atoms with Crippen molar-refractivity contribution in [1.82, 2.24) is 15.0 Å². The van der Waals surface area contributed by atoms with E-state index in [9.17, 15) is 18.0 Å². The van der Waals surface area contributed by atoms with Gasteiger partial charge in [0.1, 0.15) is 29.4 Å². The molecule has 0 aliphatic rings. The number of anilines is 4. The molecule has 1 amide bonds. The van der Waals surface area contributed by atoms with Gasteiger partial charge in [-0.3, -0.25) is 10.1 Å². The number of fused-ring (bicyclic) bond motifs is 1. The number of hydrogen-bond acceptors (Lipinski definition) is 11. The molecular formula is C30H34N6O7S. The highest BCUT2D eigenvalue weighted by Crippen LogP contribution is 2.31. The predicted octanol–water partition coefficient (Wildman–Crippen LogP) is 5.34. The Bertz CT molecular complexity index is 1750. The van der Waals surface area contributed by atoms with Crippen LogP contribution in [-0.2, 0) is 19.6 Å². The molecule has 4 rings (SSSR count). The van der Waals surface area contributed by atoms with E-state index in [1.54, 1.807) is 69.3 Å². The van der Waals surface area contributed by atoms with Crippen LogP contribution in [0, 0.1) is 0 Å². The molecule has 3 N–H and O–H groups in total. The number of ether oxygens (including phenoxy) is 3. The summed E-state index contributed by atoms with van der Waals surface area (Å²) in [6, 6.07) is 16.9. The number of rotatable bonds is 11. The van der Waals surface area contributed by atoms with Gasteiger partial charge < -0.3 is 24.3 Å². The number of hydrazine groups is 1.